The van der Waals surface area contributed by atoms with Crippen LogP contribution in [0.2, 0.25) is 0 Å². The second kappa shape index (κ2) is 13.8. The number of amides is 1. The third kappa shape index (κ3) is 7.61. The van der Waals surface area contributed by atoms with Gasteiger partial charge in [-0.25, -0.2) is 19.9 Å². The van der Waals surface area contributed by atoms with Crippen LogP contribution in [0.3, 0.4) is 0 Å². The number of hydrogen-bond donors (Lipinski definition) is 2. The number of morpholine rings is 2. The fourth-order valence-corrected chi connectivity index (χ4v) is 5.12. The quantitative estimate of drug-likeness (QED) is 0.273. The minimum atomic E-state index is -4.63. The molecule has 0 aliphatic carbocycles. The Labute approximate surface area is 262 Å². The molecule has 2 aromatic heterocycles. The number of alkyl halides is 3. The second-order valence-electron chi connectivity index (χ2n) is 10.9. The number of rotatable bonds is 9. The number of aromatic nitrogens is 4. The molecule has 0 unspecified atom stereocenters. The van der Waals surface area contributed by atoms with Gasteiger partial charge in [0.1, 0.15) is 29.7 Å². The van der Waals surface area contributed by atoms with Crippen molar-refractivity contribution in [1.29, 1.82) is 0 Å². The van der Waals surface area contributed by atoms with Gasteiger partial charge in [0.15, 0.2) is 5.82 Å². The van der Waals surface area contributed by atoms with Gasteiger partial charge >= 0.3 is 6.18 Å². The van der Waals surface area contributed by atoms with Gasteiger partial charge in [-0.3, -0.25) is 9.69 Å². The molecule has 4 aromatic rings. The Hall–Kier alpha value is -4.60. The van der Waals surface area contributed by atoms with Gasteiger partial charge in [-0.1, -0.05) is 6.07 Å². The molecule has 2 saturated heterocycles. The van der Waals surface area contributed by atoms with Crippen LogP contribution in [0, 0.1) is 6.92 Å². The highest BCUT2D eigenvalue weighted by Crippen LogP contribution is 2.34. The maximum atomic E-state index is 13.7. The van der Waals surface area contributed by atoms with Crippen molar-refractivity contribution < 1.29 is 32.2 Å². The summed E-state index contributed by atoms with van der Waals surface area (Å²) in [5.74, 6) is 0.369. The average molecular weight is 639 g/mol. The molecule has 2 aliphatic heterocycles. The van der Waals surface area contributed by atoms with Crippen molar-refractivity contribution >= 4 is 40.1 Å². The molecule has 1 amide bonds. The van der Waals surface area contributed by atoms with Crippen LogP contribution in [0.5, 0.6) is 5.75 Å². The summed E-state index contributed by atoms with van der Waals surface area (Å²) in [6, 6.07) is 8.15. The van der Waals surface area contributed by atoms with E-state index in [0.717, 1.165) is 30.8 Å². The lowest BCUT2D eigenvalue weighted by atomic mass is 10.1. The van der Waals surface area contributed by atoms with Crippen LogP contribution in [0.25, 0.3) is 11.0 Å². The summed E-state index contributed by atoms with van der Waals surface area (Å²) in [7, 11) is 0. The van der Waals surface area contributed by atoms with Gasteiger partial charge in [-0.15, -0.1) is 0 Å². The molecule has 2 aliphatic rings. The van der Waals surface area contributed by atoms with E-state index in [4.69, 9.17) is 19.2 Å². The lowest BCUT2D eigenvalue weighted by Gasteiger charge is -2.26. The number of anilines is 4. The minimum absolute atomic E-state index is 0.0127. The van der Waals surface area contributed by atoms with Crippen molar-refractivity contribution in [3.63, 3.8) is 0 Å². The first-order valence-corrected chi connectivity index (χ1v) is 14.9. The van der Waals surface area contributed by atoms with E-state index >= 15 is 0 Å². The van der Waals surface area contributed by atoms with Gasteiger partial charge < -0.3 is 29.7 Å². The molecule has 46 heavy (non-hydrogen) atoms. The van der Waals surface area contributed by atoms with Crippen molar-refractivity contribution in [2.75, 3.05) is 81.3 Å². The monoisotopic (exact) mass is 638 g/mol. The van der Waals surface area contributed by atoms with Crippen molar-refractivity contribution in [2.45, 2.75) is 13.1 Å². The number of fused-ring (bicyclic) bond motifs is 1. The summed E-state index contributed by atoms with van der Waals surface area (Å²) in [6.45, 7) is 7.75. The number of hydrogen-bond acceptors (Lipinski definition) is 11. The first-order chi connectivity index (χ1) is 22.2. The highest BCUT2D eigenvalue weighted by Gasteiger charge is 2.32. The van der Waals surface area contributed by atoms with E-state index in [1.54, 1.807) is 24.4 Å². The Bertz CT molecular complexity index is 1690. The van der Waals surface area contributed by atoms with Gasteiger partial charge in [0.2, 0.25) is 5.95 Å². The van der Waals surface area contributed by atoms with E-state index in [0.29, 0.717) is 74.5 Å². The zero-order valence-corrected chi connectivity index (χ0v) is 25.1. The first-order valence-electron chi connectivity index (χ1n) is 14.9. The van der Waals surface area contributed by atoms with E-state index in [1.165, 1.54) is 12.4 Å². The fourth-order valence-electron chi connectivity index (χ4n) is 5.12. The molecule has 242 valence electrons. The minimum Gasteiger partial charge on any atom is -0.492 e. The molecule has 4 heterocycles. The molecule has 0 spiro atoms. The number of benzene rings is 2. The van der Waals surface area contributed by atoms with Crippen LogP contribution in [0.4, 0.5) is 36.3 Å². The molecular weight excluding hydrogens is 605 g/mol. The Morgan fingerprint density at radius 1 is 0.978 bits per heavy atom. The lowest BCUT2D eigenvalue weighted by Crippen LogP contribution is -2.38. The number of ether oxygens (including phenoxy) is 3. The van der Waals surface area contributed by atoms with Gasteiger partial charge in [-0.05, 0) is 36.8 Å². The van der Waals surface area contributed by atoms with Crippen LogP contribution >= 0.6 is 0 Å². The topological polar surface area (TPSA) is 127 Å². The largest absolute Gasteiger partial charge is 0.492 e. The highest BCUT2D eigenvalue weighted by molar-refractivity contribution is 6.05. The second-order valence-corrected chi connectivity index (χ2v) is 10.9. The third-order valence-corrected chi connectivity index (χ3v) is 7.68. The maximum absolute atomic E-state index is 13.7. The molecule has 12 nitrogen and oxygen atoms in total. The molecule has 2 N–H and O–H groups in total. The standard InChI is InChI=1S/C31H33F3N8O4/c1-20-2-3-21(14-25(20)39-28-27-26(36-19-37-28)18-35-30(40-27)42-7-11-45-12-8-42)29(43)38-23-15-22(31(32,33)34)16-24(17-23)46-13-6-41-4-9-44-10-5-41/h2-3,14-19H,4-13H2,1H3,(H,38,43)(H,36,37,39). The van der Waals surface area contributed by atoms with Crippen LogP contribution in [0.1, 0.15) is 21.5 Å². The summed E-state index contributed by atoms with van der Waals surface area (Å²) < 4.78 is 57.7. The Morgan fingerprint density at radius 2 is 1.74 bits per heavy atom. The molecular formula is C31H33F3N8O4. The highest BCUT2D eigenvalue weighted by atomic mass is 19.4. The summed E-state index contributed by atoms with van der Waals surface area (Å²) in [5, 5.41) is 5.85. The van der Waals surface area contributed by atoms with Crippen LogP contribution in [0.15, 0.2) is 48.9 Å². The predicted molar refractivity (Wildman–Crippen MR) is 165 cm³/mol. The fraction of sp³-hybridized carbons (Fsp3) is 0.387. The summed E-state index contributed by atoms with van der Waals surface area (Å²) in [4.78, 5) is 35.2. The molecule has 0 radical (unpaired) electrons. The van der Waals surface area contributed by atoms with Gasteiger partial charge in [0, 0.05) is 55.7 Å². The summed E-state index contributed by atoms with van der Waals surface area (Å²) in [6.07, 6.45) is -1.61. The maximum Gasteiger partial charge on any atom is 0.416 e. The average Bonchev–Trinajstić information content (AvgIpc) is 3.06. The Balaban J connectivity index is 1.20. The zero-order valence-electron chi connectivity index (χ0n) is 25.1. The zero-order chi connectivity index (χ0) is 32.1. The molecule has 15 heteroatoms. The third-order valence-electron chi connectivity index (χ3n) is 7.68. The lowest BCUT2D eigenvalue weighted by molar-refractivity contribution is -0.137. The molecule has 2 fully saturated rings. The number of aryl methyl sites for hydroxylation is 1. The number of nitrogens with zero attached hydrogens (tertiary/aromatic N) is 6. The van der Waals surface area contributed by atoms with Crippen molar-refractivity contribution in [2.24, 2.45) is 0 Å². The van der Waals surface area contributed by atoms with Crippen molar-refractivity contribution in [1.82, 2.24) is 24.8 Å². The SMILES string of the molecule is Cc1ccc(C(=O)Nc2cc(OCCN3CCOCC3)cc(C(F)(F)F)c2)cc1Nc1ncnc2cnc(N3CCOCC3)nc12. The van der Waals surface area contributed by atoms with E-state index in [9.17, 15) is 18.0 Å². The van der Waals surface area contributed by atoms with Crippen LogP contribution in [-0.2, 0) is 15.7 Å². The smallest absolute Gasteiger partial charge is 0.416 e. The number of carbonyl (C=O) groups is 1. The Kier molecular flexibility index (Phi) is 9.42. The summed E-state index contributed by atoms with van der Waals surface area (Å²) in [5.41, 5.74) is 1.67. The van der Waals surface area contributed by atoms with Crippen LogP contribution in [-0.4, -0.2) is 96.5 Å². The van der Waals surface area contributed by atoms with E-state index in [1.807, 2.05) is 11.8 Å². The molecule has 0 bridgehead atoms. The molecule has 0 saturated carbocycles. The predicted octanol–water partition coefficient (Wildman–Crippen LogP) is 4.29. The van der Waals surface area contributed by atoms with Gasteiger partial charge in [0.05, 0.1) is 38.2 Å². The molecule has 0 atom stereocenters. The number of halogens is 3. The van der Waals surface area contributed by atoms with Crippen molar-refractivity contribution in [3.8, 4) is 5.75 Å². The summed E-state index contributed by atoms with van der Waals surface area (Å²) >= 11 is 0. The van der Waals surface area contributed by atoms with E-state index in [-0.39, 0.29) is 23.6 Å². The normalized spacial score (nSPS) is 16.0. The first kappa shape index (κ1) is 31.4. The molecule has 6 rings (SSSR count). The van der Waals surface area contributed by atoms with E-state index in [2.05, 4.69) is 30.5 Å². The number of carbonyl (C=O) groups excluding carboxylic acids is 1. The van der Waals surface area contributed by atoms with Crippen molar-refractivity contribution in [3.05, 3.63) is 65.6 Å². The van der Waals surface area contributed by atoms with Gasteiger partial charge in [0.25, 0.3) is 5.91 Å². The number of nitrogens with one attached hydrogen (secondary N) is 2. The van der Waals surface area contributed by atoms with E-state index < -0.39 is 17.6 Å². The van der Waals surface area contributed by atoms with Gasteiger partial charge in [-0.2, -0.15) is 13.2 Å². The molecule has 2 aromatic carbocycles. The Morgan fingerprint density at radius 3 is 2.50 bits per heavy atom. The van der Waals surface area contributed by atoms with Crippen LogP contribution < -0.4 is 20.3 Å².